The molecule has 7 nitrogen and oxygen atoms in total. The van der Waals surface area contributed by atoms with Gasteiger partial charge in [-0.2, -0.15) is 0 Å². The van der Waals surface area contributed by atoms with Gasteiger partial charge < -0.3 is 16.8 Å². The molecular weight excluding hydrogens is 294 g/mol. The molecule has 0 spiro atoms. The lowest BCUT2D eigenvalue weighted by Gasteiger charge is -2.11. The summed E-state index contributed by atoms with van der Waals surface area (Å²) in [6.07, 6.45) is 0. The second-order valence-corrected chi connectivity index (χ2v) is 5.06. The predicted molar refractivity (Wildman–Crippen MR) is 89.6 cm³/mol. The first-order chi connectivity index (χ1) is 11.0. The SMILES string of the molecule is CC(NC(=O)NC(N)=NCc1cccc2ccccc12)C(N)=O. The minimum absolute atomic E-state index is 0.0351. The molecule has 0 radical (unpaired) electrons. The van der Waals surface area contributed by atoms with Crippen molar-refractivity contribution < 1.29 is 9.59 Å². The van der Waals surface area contributed by atoms with Gasteiger partial charge in [0.25, 0.3) is 0 Å². The number of fused-ring (bicyclic) bond motifs is 1. The number of nitrogens with one attached hydrogen (secondary N) is 2. The molecule has 0 aliphatic carbocycles. The molecule has 0 aromatic heterocycles. The van der Waals surface area contributed by atoms with Crippen molar-refractivity contribution in [2.75, 3.05) is 0 Å². The van der Waals surface area contributed by atoms with Crippen molar-refractivity contribution in [3.63, 3.8) is 0 Å². The van der Waals surface area contributed by atoms with E-state index >= 15 is 0 Å². The Morgan fingerprint density at radius 3 is 2.57 bits per heavy atom. The van der Waals surface area contributed by atoms with Crippen LogP contribution in [0.4, 0.5) is 4.79 Å². The molecule has 6 N–H and O–H groups in total. The lowest BCUT2D eigenvalue weighted by Crippen LogP contribution is -2.50. The summed E-state index contributed by atoms with van der Waals surface area (Å²) in [6.45, 7) is 1.81. The lowest BCUT2D eigenvalue weighted by atomic mass is 10.1. The van der Waals surface area contributed by atoms with Crippen molar-refractivity contribution >= 4 is 28.7 Å². The number of nitrogens with zero attached hydrogens (tertiary/aromatic N) is 1. The fraction of sp³-hybridized carbons (Fsp3) is 0.188. The summed E-state index contributed by atoms with van der Waals surface area (Å²) < 4.78 is 0. The number of hydrogen-bond donors (Lipinski definition) is 4. The van der Waals surface area contributed by atoms with E-state index in [1.807, 2.05) is 42.5 Å². The van der Waals surface area contributed by atoms with Gasteiger partial charge in [-0.1, -0.05) is 42.5 Å². The van der Waals surface area contributed by atoms with E-state index in [9.17, 15) is 9.59 Å². The number of benzene rings is 2. The molecule has 0 saturated heterocycles. The summed E-state index contributed by atoms with van der Waals surface area (Å²) >= 11 is 0. The van der Waals surface area contributed by atoms with Crippen molar-refractivity contribution in [1.82, 2.24) is 10.6 Å². The highest BCUT2D eigenvalue weighted by molar-refractivity contribution is 5.97. The average molecular weight is 313 g/mol. The molecule has 7 heteroatoms. The van der Waals surface area contributed by atoms with Crippen LogP contribution in [0, 0.1) is 0 Å². The second-order valence-electron chi connectivity index (χ2n) is 5.06. The molecule has 1 atom stereocenters. The van der Waals surface area contributed by atoms with Gasteiger partial charge in [-0.15, -0.1) is 0 Å². The van der Waals surface area contributed by atoms with E-state index in [0.717, 1.165) is 16.3 Å². The fourth-order valence-electron chi connectivity index (χ4n) is 2.06. The number of urea groups is 1. The smallest absolute Gasteiger partial charge is 0.322 e. The third-order valence-electron chi connectivity index (χ3n) is 3.32. The van der Waals surface area contributed by atoms with Crippen LogP contribution < -0.4 is 22.1 Å². The van der Waals surface area contributed by atoms with Crippen molar-refractivity contribution in [2.24, 2.45) is 16.5 Å². The fourth-order valence-corrected chi connectivity index (χ4v) is 2.06. The van der Waals surface area contributed by atoms with E-state index in [2.05, 4.69) is 15.6 Å². The summed E-state index contributed by atoms with van der Waals surface area (Å²) in [5.74, 6) is -0.668. The lowest BCUT2D eigenvalue weighted by molar-refractivity contribution is -0.119. The molecule has 23 heavy (non-hydrogen) atoms. The monoisotopic (exact) mass is 313 g/mol. The van der Waals surface area contributed by atoms with Crippen LogP contribution in [0.5, 0.6) is 0 Å². The summed E-state index contributed by atoms with van der Waals surface area (Å²) in [5.41, 5.74) is 11.7. The van der Waals surface area contributed by atoms with Crippen LogP contribution in [0.15, 0.2) is 47.5 Å². The number of aliphatic imine (C=N–C) groups is 1. The number of rotatable bonds is 4. The molecule has 3 amide bonds. The zero-order valence-electron chi connectivity index (χ0n) is 12.7. The van der Waals surface area contributed by atoms with E-state index in [0.29, 0.717) is 6.54 Å². The number of nitrogens with two attached hydrogens (primary N) is 2. The van der Waals surface area contributed by atoms with Crippen LogP contribution in [0.25, 0.3) is 10.8 Å². The Hall–Kier alpha value is -3.09. The standard InChI is InChI=1S/C16H19N5O2/c1-10(14(17)22)20-16(23)21-15(18)19-9-12-7-4-6-11-5-2-3-8-13(11)12/h2-8,10H,9H2,1H3,(H2,17,22)(H4,18,19,20,21,23). The maximum atomic E-state index is 11.6. The number of carbonyl (C=O) groups is 2. The maximum absolute atomic E-state index is 11.6. The van der Waals surface area contributed by atoms with Crippen LogP contribution in [-0.2, 0) is 11.3 Å². The van der Waals surface area contributed by atoms with Gasteiger partial charge in [0.1, 0.15) is 6.04 Å². The number of hydrogen-bond acceptors (Lipinski definition) is 3. The van der Waals surface area contributed by atoms with Gasteiger partial charge >= 0.3 is 6.03 Å². The Balaban J connectivity index is 2.01. The summed E-state index contributed by atoms with van der Waals surface area (Å²) in [7, 11) is 0. The Morgan fingerprint density at radius 2 is 1.83 bits per heavy atom. The van der Waals surface area contributed by atoms with Gasteiger partial charge in [-0.05, 0) is 23.3 Å². The molecule has 0 aliphatic heterocycles. The van der Waals surface area contributed by atoms with E-state index < -0.39 is 18.0 Å². The van der Waals surface area contributed by atoms with Crippen LogP contribution in [-0.4, -0.2) is 23.9 Å². The number of amides is 3. The molecule has 2 rings (SSSR count). The highest BCUT2D eigenvalue weighted by Crippen LogP contribution is 2.18. The molecule has 0 fully saturated rings. The van der Waals surface area contributed by atoms with Crippen molar-refractivity contribution in [1.29, 1.82) is 0 Å². The topological polar surface area (TPSA) is 123 Å². The zero-order chi connectivity index (χ0) is 16.8. The van der Waals surface area contributed by atoms with Crippen LogP contribution in [0.1, 0.15) is 12.5 Å². The van der Waals surface area contributed by atoms with Gasteiger partial charge in [0.05, 0.1) is 6.54 Å². The molecule has 0 saturated carbocycles. The highest BCUT2D eigenvalue weighted by Gasteiger charge is 2.12. The summed E-state index contributed by atoms with van der Waals surface area (Å²) in [6, 6.07) is 12.4. The molecular formula is C16H19N5O2. The Kier molecular flexibility index (Phi) is 5.14. The first kappa shape index (κ1) is 16.3. The Morgan fingerprint density at radius 1 is 1.13 bits per heavy atom. The molecule has 0 aliphatic rings. The summed E-state index contributed by atoms with van der Waals surface area (Å²) in [4.78, 5) is 26.6. The largest absolute Gasteiger partial charge is 0.370 e. The first-order valence-electron chi connectivity index (χ1n) is 7.11. The Bertz CT molecular complexity index is 752. The molecule has 1 unspecified atom stereocenters. The molecule has 2 aromatic carbocycles. The van der Waals surface area contributed by atoms with E-state index in [1.165, 1.54) is 6.92 Å². The number of carbonyl (C=O) groups excluding carboxylic acids is 2. The van der Waals surface area contributed by atoms with Crippen LogP contribution >= 0.6 is 0 Å². The van der Waals surface area contributed by atoms with Crippen LogP contribution in [0.2, 0.25) is 0 Å². The molecule has 0 heterocycles. The normalized spacial score (nSPS) is 12.7. The van der Waals surface area contributed by atoms with Gasteiger partial charge in [-0.3, -0.25) is 10.1 Å². The van der Waals surface area contributed by atoms with E-state index in [4.69, 9.17) is 11.5 Å². The van der Waals surface area contributed by atoms with Crippen molar-refractivity contribution in [3.05, 3.63) is 48.0 Å². The Labute approximate surface area is 133 Å². The molecule has 0 bridgehead atoms. The van der Waals surface area contributed by atoms with E-state index in [-0.39, 0.29) is 5.96 Å². The minimum Gasteiger partial charge on any atom is -0.370 e. The quantitative estimate of drug-likeness (QED) is 0.494. The maximum Gasteiger partial charge on any atom is 0.322 e. The number of primary amides is 1. The number of guanidine groups is 1. The van der Waals surface area contributed by atoms with Crippen LogP contribution in [0.3, 0.4) is 0 Å². The summed E-state index contributed by atoms with van der Waals surface area (Å²) in [5, 5.41) is 6.90. The third kappa shape index (κ3) is 4.44. The van der Waals surface area contributed by atoms with E-state index in [1.54, 1.807) is 0 Å². The first-order valence-corrected chi connectivity index (χ1v) is 7.11. The van der Waals surface area contributed by atoms with Crippen molar-refractivity contribution in [3.8, 4) is 0 Å². The molecule has 120 valence electrons. The highest BCUT2D eigenvalue weighted by atomic mass is 16.2. The predicted octanol–water partition coefficient (Wildman–Crippen LogP) is 0.827. The molecule has 2 aromatic rings. The third-order valence-corrected chi connectivity index (χ3v) is 3.32. The van der Waals surface area contributed by atoms with Gasteiger partial charge in [0, 0.05) is 0 Å². The van der Waals surface area contributed by atoms with Gasteiger partial charge in [0.2, 0.25) is 5.91 Å². The minimum atomic E-state index is -0.791. The van der Waals surface area contributed by atoms with Crippen molar-refractivity contribution in [2.45, 2.75) is 19.5 Å². The average Bonchev–Trinajstić information content (AvgIpc) is 2.52. The van der Waals surface area contributed by atoms with Gasteiger partial charge in [-0.25, -0.2) is 9.79 Å². The zero-order valence-corrected chi connectivity index (χ0v) is 12.7. The second kappa shape index (κ2) is 7.26. The van der Waals surface area contributed by atoms with Gasteiger partial charge in [0.15, 0.2) is 5.96 Å².